The number of nitrogens with zero attached hydrogens (tertiary/aromatic N) is 1. The first-order chi connectivity index (χ1) is 10.7. The molecule has 2 heterocycles. The summed E-state index contributed by atoms with van der Waals surface area (Å²) in [5.74, 6) is 0.0167. The number of methoxy groups -OCH3 is 1. The monoisotopic (exact) mass is 375 g/mol. The van der Waals surface area contributed by atoms with Crippen molar-refractivity contribution in [3.05, 3.63) is 27.4 Å². The minimum Gasteiger partial charge on any atom is -0.383 e. The molecule has 0 atom stereocenters. The van der Waals surface area contributed by atoms with E-state index >= 15 is 0 Å². The lowest BCUT2D eigenvalue weighted by molar-refractivity contribution is -0.120. The van der Waals surface area contributed by atoms with Crippen molar-refractivity contribution in [2.24, 2.45) is 0 Å². The highest BCUT2D eigenvalue weighted by molar-refractivity contribution is 7.16. The molecule has 1 amide bonds. The van der Waals surface area contributed by atoms with Crippen LogP contribution in [0.1, 0.15) is 9.88 Å². The summed E-state index contributed by atoms with van der Waals surface area (Å²) in [7, 11) is 1.64. The third kappa shape index (κ3) is 6.97. The van der Waals surface area contributed by atoms with Crippen LogP contribution in [-0.4, -0.2) is 44.2 Å². The smallest absolute Gasteiger partial charge is 0.233 e. The maximum atomic E-state index is 11.6. The maximum absolute atomic E-state index is 11.6. The largest absolute Gasteiger partial charge is 0.383 e. The predicted molar refractivity (Wildman–Crippen MR) is 98.9 cm³/mol. The summed E-state index contributed by atoms with van der Waals surface area (Å²) in [4.78, 5) is 18.5. The number of aromatic nitrogens is 1. The van der Waals surface area contributed by atoms with E-state index in [-0.39, 0.29) is 18.3 Å². The molecule has 128 valence electrons. The van der Waals surface area contributed by atoms with Gasteiger partial charge < -0.3 is 15.4 Å². The molecule has 2 aromatic rings. The second kappa shape index (κ2) is 10.7. The number of aryl methyl sites for hydroxylation is 1. The highest BCUT2D eigenvalue weighted by Crippen LogP contribution is 2.29. The Morgan fingerprint density at radius 3 is 2.87 bits per heavy atom. The van der Waals surface area contributed by atoms with Gasteiger partial charge in [-0.25, -0.2) is 4.98 Å². The topological polar surface area (TPSA) is 63.2 Å². The number of thiazole rings is 1. The Morgan fingerprint density at radius 1 is 1.35 bits per heavy atom. The van der Waals surface area contributed by atoms with Gasteiger partial charge in [0.2, 0.25) is 5.91 Å². The molecule has 0 radical (unpaired) electrons. The van der Waals surface area contributed by atoms with Gasteiger partial charge in [0, 0.05) is 30.5 Å². The van der Waals surface area contributed by atoms with E-state index in [4.69, 9.17) is 4.74 Å². The van der Waals surface area contributed by atoms with Gasteiger partial charge in [0.05, 0.1) is 28.7 Å². The highest BCUT2D eigenvalue weighted by atomic mass is 35.5. The molecule has 2 N–H and O–H groups in total. The van der Waals surface area contributed by atoms with Gasteiger partial charge in [-0.3, -0.25) is 4.79 Å². The molecule has 0 aromatic carbocycles. The van der Waals surface area contributed by atoms with Crippen LogP contribution in [0.2, 0.25) is 0 Å². The summed E-state index contributed by atoms with van der Waals surface area (Å²) >= 11 is 3.40. The number of amides is 1. The van der Waals surface area contributed by atoms with Crippen LogP contribution < -0.4 is 10.6 Å². The molecule has 8 heteroatoms. The molecule has 5 nitrogen and oxygen atoms in total. The van der Waals surface area contributed by atoms with E-state index in [2.05, 4.69) is 33.1 Å². The molecular weight excluding hydrogens is 354 g/mol. The number of hydrogen-bond donors (Lipinski definition) is 2. The van der Waals surface area contributed by atoms with E-state index in [0.717, 1.165) is 17.1 Å². The number of carbonyl (C=O) groups is 1. The van der Waals surface area contributed by atoms with Gasteiger partial charge in [-0.05, 0) is 25.5 Å². The zero-order chi connectivity index (χ0) is 15.8. The van der Waals surface area contributed by atoms with Gasteiger partial charge in [-0.15, -0.1) is 35.1 Å². The van der Waals surface area contributed by atoms with E-state index in [1.54, 1.807) is 29.8 Å². The first-order valence-electron chi connectivity index (χ1n) is 7.16. The minimum atomic E-state index is 0. The third-order valence-corrected chi connectivity index (χ3v) is 4.94. The van der Waals surface area contributed by atoms with Crippen molar-refractivity contribution in [3.63, 3.8) is 0 Å². The van der Waals surface area contributed by atoms with Gasteiger partial charge in [0.25, 0.3) is 0 Å². The third-order valence-electron chi connectivity index (χ3n) is 3.00. The Balaban J connectivity index is 0.00000264. The van der Waals surface area contributed by atoms with Crippen LogP contribution >= 0.6 is 35.1 Å². The molecule has 0 spiro atoms. The fourth-order valence-corrected chi connectivity index (χ4v) is 3.55. The second-order valence-corrected chi connectivity index (χ2v) is 7.02. The molecule has 2 rings (SSSR count). The first kappa shape index (κ1) is 20.1. The molecule has 0 aliphatic rings. The number of nitrogens with one attached hydrogen (secondary N) is 2. The molecule has 0 aliphatic carbocycles. The van der Waals surface area contributed by atoms with Crippen molar-refractivity contribution in [2.75, 3.05) is 33.4 Å². The Morgan fingerprint density at radius 2 is 2.17 bits per heavy atom. The van der Waals surface area contributed by atoms with E-state index in [9.17, 15) is 4.79 Å². The van der Waals surface area contributed by atoms with Gasteiger partial charge >= 0.3 is 0 Å². The van der Waals surface area contributed by atoms with Gasteiger partial charge in [-0.2, -0.15) is 0 Å². The molecule has 23 heavy (non-hydrogen) atoms. The molecular formula is C15H22ClN3O2S2. The fourth-order valence-electron chi connectivity index (χ4n) is 1.89. The SMILES string of the molecule is COCCNCC(=O)NCCc1ccc(-c2csc(C)n2)s1.Cl. The quantitative estimate of drug-likeness (QED) is 0.661. The molecule has 0 saturated heterocycles. The number of thiophene rings is 1. The maximum Gasteiger partial charge on any atom is 0.233 e. The van der Waals surface area contributed by atoms with Crippen molar-refractivity contribution < 1.29 is 9.53 Å². The lowest BCUT2D eigenvalue weighted by atomic mass is 10.3. The number of hydrogen-bond acceptors (Lipinski definition) is 6. The number of carbonyl (C=O) groups excluding carboxylic acids is 1. The minimum absolute atomic E-state index is 0. The summed E-state index contributed by atoms with van der Waals surface area (Å²) in [6.45, 7) is 4.30. The van der Waals surface area contributed by atoms with Crippen molar-refractivity contribution in [2.45, 2.75) is 13.3 Å². The van der Waals surface area contributed by atoms with Crippen molar-refractivity contribution >= 4 is 41.0 Å². The summed E-state index contributed by atoms with van der Waals surface area (Å²) in [6, 6.07) is 4.21. The lowest BCUT2D eigenvalue weighted by Crippen LogP contribution is -2.36. The van der Waals surface area contributed by atoms with Crippen molar-refractivity contribution in [1.82, 2.24) is 15.6 Å². The summed E-state index contributed by atoms with van der Waals surface area (Å²) < 4.78 is 4.91. The zero-order valence-electron chi connectivity index (χ0n) is 13.3. The molecule has 0 bridgehead atoms. The Kier molecular flexibility index (Phi) is 9.35. The summed E-state index contributed by atoms with van der Waals surface area (Å²) in [5.41, 5.74) is 1.05. The summed E-state index contributed by atoms with van der Waals surface area (Å²) in [5, 5.41) is 9.10. The fraction of sp³-hybridized carbons (Fsp3) is 0.467. The van der Waals surface area contributed by atoms with Crippen LogP contribution in [0.5, 0.6) is 0 Å². The van der Waals surface area contributed by atoms with Gasteiger partial charge in [-0.1, -0.05) is 0 Å². The van der Waals surface area contributed by atoms with E-state index in [0.29, 0.717) is 26.2 Å². The summed E-state index contributed by atoms with van der Waals surface area (Å²) in [6.07, 6.45) is 0.845. The number of rotatable bonds is 9. The molecule has 0 aliphatic heterocycles. The van der Waals surface area contributed by atoms with Crippen LogP contribution in [0.4, 0.5) is 0 Å². The zero-order valence-corrected chi connectivity index (χ0v) is 15.7. The van der Waals surface area contributed by atoms with Crippen LogP contribution in [0, 0.1) is 6.92 Å². The standard InChI is InChI=1S/C15H21N3O2S2.ClH/c1-11-18-13(10-21-11)14-4-3-12(22-14)5-6-17-15(19)9-16-7-8-20-2;/h3-4,10,16H,5-9H2,1-2H3,(H,17,19);1H. The Bertz CT molecular complexity index is 601. The van der Waals surface area contributed by atoms with E-state index in [1.165, 1.54) is 9.75 Å². The van der Waals surface area contributed by atoms with Gasteiger partial charge in [0.15, 0.2) is 0 Å². The molecule has 2 aromatic heterocycles. The van der Waals surface area contributed by atoms with Crippen LogP contribution in [0.15, 0.2) is 17.5 Å². The average molecular weight is 376 g/mol. The molecule has 0 saturated carbocycles. The highest BCUT2D eigenvalue weighted by Gasteiger charge is 2.06. The molecule has 0 unspecified atom stereocenters. The van der Waals surface area contributed by atoms with E-state index in [1.807, 2.05) is 6.92 Å². The Labute approximate surface area is 150 Å². The first-order valence-corrected chi connectivity index (χ1v) is 8.86. The second-order valence-electron chi connectivity index (χ2n) is 4.79. The average Bonchev–Trinajstić information content (AvgIpc) is 3.12. The number of halogens is 1. The van der Waals surface area contributed by atoms with Crippen LogP contribution in [-0.2, 0) is 16.0 Å². The molecule has 0 fully saturated rings. The van der Waals surface area contributed by atoms with E-state index < -0.39 is 0 Å². The normalized spacial score (nSPS) is 10.3. The van der Waals surface area contributed by atoms with Crippen molar-refractivity contribution in [3.8, 4) is 10.6 Å². The predicted octanol–water partition coefficient (Wildman–Crippen LogP) is 2.50. The lowest BCUT2D eigenvalue weighted by Gasteiger charge is -2.05. The van der Waals surface area contributed by atoms with Crippen molar-refractivity contribution in [1.29, 1.82) is 0 Å². The Hall–Kier alpha value is -0.990. The van der Waals surface area contributed by atoms with Gasteiger partial charge in [0.1, 0.15) is 0 Å². The van der Waals surface area contributed by atoms with Crippen LogP contribution in [0.25, 0.3) is 10.6 Å². The number of ether oxygens (including phenoxy) is 1. The van der Waals surface area contributed by atoms with Crippen LogP contribution in [0.3, 0.4) is 0 Å².